The highest BCUT2D eigenvalue weighted by atomic mass is 15.3. The molecule has 0 aliphatic carbocycles. The Morgan fingerprint density at radius 3 is 2.56 bits per heavy atom. The zero-order valence-electron chi connectivity index (χ0n) is 9.94. The van der Waals surface area contributed by atoms with Crippen LogP contribution in [0, 0.1) is 13.8 Å². The molecule has 2 N–H and O–H groups in total. The lowest BCUT2D eigenvalue weighted by atomic mass is 10.1. The van der Waals surface area contributed by atoms with E-state index in [0.717, 1.165) is 22.6 Å². The van der Waals surface area contributed by atoms with Gasteiger partial charge in [0.2, 0.25) is 0 Å². The summed E-state index contributed by atoms with van der Waals surface area (Å²) in [6, 6.07) is 10.3. The summed E-state index contributed by atoms with van der Waals surface area (Å²) in [5.74, 6) is 0. The van der Waals surface area contributed by atoms with E-state index in [-0.39, 0.29) is 6.04 Å². The molecule has 1 aromatic carbocycles. The van der Waals surface area contributed by atoms with Crippen molar-refractivity contribution in [1.29, 1.82) is 0 Å². The lowest BCUT2D eigenvalue weighted by Crippen LogP contribution is -2.06. The van der Waals surface area contributed by atoms with Crippen molar-refractivity contribution in [2.24, 2.45) is 5.73 Å². The minimum Gasteiger partial charge on any atom is -0.324 e. The van der Waals surface area contributed by atoms with Crippen molar-refractivity contribution in [3.05, 3.63) is 47.3 Å². The zero-order chi connectivity index (χ0) is 11.7. The van der Waals surface area contributed by atoms with Gasteiger partial charge in [-0.25, -0.2) is 4.68 Å². The topological polar surface area (TPSA) is 43.8 Å². The fraction of sp³-hybridized carbons (Fsp3) is 0.308. The predicted molar refractivity (Wildman–Crippen MR) is 65.6 cm³/mol. The van der Waals surface area contributed by atoms with Crippen LogP contribution in [0.15, 0.2) is 30.3 Å². The molecule has 1 heterocycles. The van der Waals surface area contributed by atoms with Crippen LogP contribution < -0.4 is 5.73 Å². The lowest BCUT2D eigenvalue weighted by Gasteiger charge is -2.09. The van der Waals surface area contributed by atoms with E-state index in [4.69, 9.17) is 5.73 Å². The second-order valence-corrected chi connectivity index (χ2v) is 4.22. The van der Waals surface area contributed by atoms with Crippen molar-refractivity contribution in [2.75, 3.05) is 0 Å². The van der Waals surface area contributed by atoms with Gasteiger partial charge in [-0.3, -0.25) is 0 Å². The van der Waals surface area contributed by atoms with Crippen LogP contribution in [0.5, 0.6) is 0 Å². The van der Waals surface area contributed by atoms with E-state index in [1.54, 1.807) is 0 Å². The van der Waals surface area contributed by atoms with Gasteiger partial charge in [-0.15, -0.1) is 0 Å². The number of aromatic nitrogens is 2. The van der Waals surface area contributed by atoms with Crippen molar-refractivity contribution in [3.8, 4) is 5.69 Å². The Balaban J connectivity index is 2.48. The van der Waals surface area contributed by atoms with Gasteiger partial charge in [0, 0.05) is 11.7 Å². The van der Waals surface area contributed by atoms with Crippen LogP contribution in [0.1, 0.15) is 29.9 Å². The summed E-state index contributed by atoms with van der Waals surface area (Å²) < 4.78 is 1.95. The number of aryl methyl sites for hydroxylation is 2. The number of hydrogen-bond donors (Lipinski definition) is 1. The Morgan fingerprint density at radius 1 is 1.25 bits per heavy atom. The minimum absolute atomic E-state index is 0.0527. The van der Waals surface area contributed by atoms with Gasteiger partial charge in [0.15, 0.2) is 0 Å². The maximum absolute atomic E-state index is 5.87. The molecule has 1 aromatic heterocycles. The number of hydrogen-bond acceptors (Lipinski definition) is 2. The summed E-state index contributed by atoms with van der Waals surface area (Å²) in [6.45, 7) is 6.04. The Hall–Kier alpha value is -1.61. The van der Waals surface area contributed by atoms with Gasteiger partial charge >= 0.3 is 0 Å². The molecule has 0 bridgehead atoms. The second-order valence-electron chi connectivity index (χ2n) is 4.22. The number of rotatable bonds is 2. The van der Waals surface area contributed by atoms with Crippen molar-refractivity contribution < 1.29 is 0 Å². The van der Waals surface area contributed by atoms with E-state index in [0.29, 0.717) is 0 Å². The van der Waals surface area contributed by atoms with Crippen LogP contribution in [0.25, 0.3) is 5.69 Å². The third kappa shape index (κ3) is 1.99. The first kappa shape index (κ1) is 10.9. The largest absolute Gasteiger partial charge is 0.324 e. The molecule has 0 amide bonds. The van der Waals surface area contributed by atoms with Crippen LogP contribution in [-0.2, 0) is 0 Å². The molecule has 0 spiro atoms. The third-order valence-corrected chi connectivity index (χ3v) is 2.65. The van der Waals surface area contributed by atoms with E-state index in [1.807, 2.05) is 36.7 Å². The van der Waals surface area contributed by atoms with Gasteiger partial charge in [-0.1, -0.05) is 12.1 Å². The van der Waals surface area contributed by atoms with Gasteiger partial charge < -0.3 is 5.73 Å². The quantitative estimate of drug-likeness (QED) is 0.836. The smallest absolute Gasteiger partial charge is 0.0652 e. The monoisotopic (exact) mass is 215 g/mol. The molecule has 3 nitrogen and oxygen atoms in total. The fourth-order valence-electron chi connectivity index (χ4n) is 1.83. The second kappa shape index (κ2) is 4.10. The Labute approximate surface area is 95.9 Å². The predicted octanol–water partition coefficient (Wildman–Crippen LogP) is 2.51. The van der Waals surface area contributed by atoms with E-state index < -0.39 is 0 Å². The SMILES string of the molecule is Cc1cc(C)n(-c2cccc([C@H](C)N)c2)n1. The molecular formula is C13H17N3. The first-order chi connectivity index (χ1) is 7.58. The molecule has 0 radical (unpaired) electrons. The standard InChI is InChI=1S/C13H17N3/c1-9-7-10(2)16(15-9)13-6-4-5-12(8-13)11(3)14/h4-8,11H,14H2,1-3H3/t11-/m0/s1. The van der Waals surface area contributed by atoms with Crippen LogP contribution >= 0.6 is 0 Å². The molecule has 0 saturated carbocycles. The molecule has 0 aliphatic heterocycles. The van der Waals surface area contributed by atoms with Crippen LogP contribution in [-0.4, -0.2) is 9.78 Å². The summed E-state index contributed by atoms with van der Waals surface area (Å²) in [4.78, 5) is 0. The number of benzene rings is 1. The zero-order valence-corrected chi connectivity index (χ0v) is 9.94. The summed E-state index contributed by atoms with van der Waals surface area (Å²) in [5.41, 5.74) is 10.2. The maximum atomic E-state index is 5.87. The molecule has 2 rings (SSSR count). The number of nitrogens with two attached hydrogens (primary N) is 1. The molecule has 0 fully saturated rings. The van der Waals surface area contributed by atoms with E-state index in [9.17, 15) is 0 Å². The van der Waals surface area contributed by atoms with Gasteiger partial charge in [0.25, 0.3) is 0 Å². The van der Waals surface area contributed by atoms with Crippen molar-refractivity contribution in [2.45, 2.75) is 26.8 Å². The Bertz CT molecular complexity index is 498. The van der Waals surface area contributed by atoms with Crippen LogP contribution in [0.3, 0.4) is 0 Å². The van der Waals surface area contributed by atoms with Crippen molar-refractivity contribution in [1.82, 2.24) is 9.78 Å². The van der Waals surface area contributed by atoms with Gasteiger partial charge in [0.1, 0.15) is 0 Å². The van der Waals surface area contributed by atoms with E-state index in [2.05, 4.69) is 24.2 Å². The molecule has 2 aromatic rings. The highest BCUT2D eigenvalue weighted by Gasteiger charge is 2.05. The number of nitrogens with zero attached hydrogens (tertiary/aromatic N) is 2. The molecule has 16 heavy (non-hydrogen) atoms. The summed E-state index contributed by atoms with van der Waals surface area (Å²) in [7, 11) is 0. The van der Waals surface area contributed by atoms with Gasteiger partial charge in [0.05, 0.1) is 11.4 Å². The molecule has 0 saturated heterocycles. The van der Waals surface area contributed by atoms with E-state index in [1.165, 1.54) is 0 Å². The van der Waals surface area contributed by atoms with Gasteiger partial charge in [-0.2, -0.15) is 5.10 Å². The molecule has 84 valence electrons. The average Bonchev–Trinajstić information content (AvgIpc) is 2.58. The normalized spacial score (nSPS) is 12.8. The minimum atomic E-state index is 0.0527. The van der Waals surface area contributed by atoms with Gasteiger partial charge in [-0.05, 0) is 44.5 Å². The van der Waals surface area contributed by atoms with Crippen molar-refractivity contribution in [3.63, 3.8) is 0 Å². The molecule has 1 atom stereocenters. The maximum Gasteiger partial charge on any atom is 0.0652 e. The first-order valence-electron chi connectivity index (χ1n) is 5.47. The molecule has 3 heteroatoms. The Morgan fingerprint density at radius 2 is 2.00 bits per heavy atom. The van der Waals surface area contributed by atoms with Crippen LogP contribution in [0.2, 0.25) is 0 Å². The average molecular weight is 215 g/mol. The fourth-order valence-corrected chi connectivity index (χ4v) is 1.83. The summed E-state index contributed by atoms with van der Waals surface area (Å²) in [5, 5.41) is 4.46. The van der Waals surface area contributed by atoms with E-state index >= 15 is 0 Å². The first-order valence-corrected chi connectivity index (χ1v) is 5.47. The van der Waals surface area contributed by atoms with Crippen molar-refractivity contribution >= 4 is 0 Å². The molecular weight excluding hydrogens is 198 g/mol. The molecule has 0 unspecified atom stereocenters. The Kier molecular flexibility index (Phi) is 2.79. The molecule has 0 aliphatic rings. The highest BCUT2D eigenvalue weighted by molar-refractivity contribution is 5.38. The van der Waals surface area contributed by atoms with Crippen LogP contribution in [0.4, 0.5) is 0 Å². The summed E-state index contributed by atoms with van der Waals surface area (Å²) >= 11 is 0. The lowest BCUT2D eigenvalue weighted by molar-refractivity contribution is 0.800. The highest BCUT2D eigenvalue weighted by Crippen LogP contribution is 2.16. The summed E-state index contributed by atoms with van der Waals surface area (Å²) in [6.07, 6.45) is 0. The third-order valence-electron chi connectivity index (χ3n) is 2.65.